The Hall–Kier alpha value is -5.57. The highest BCUT2D eigenvalue weighted by Crippen LogP contribution is 2.52. The summed E-state index contributed by atoms with van der Waals surface area (Å²) in [5.41, 5.74) is -11.0. The number of hydrogen-bond donors (Lipinski definition) is 0. The summed E-state index contributed by atoms with van der Waals surface area (Å²) in [5.74, 6) is -13.7. The fraction of sp³-hybridized carbons (Fsp3) is 0.772. The molecule has 638 valence electrons. The lowest BCUT2D eigenvalue weighted by molar-refractivity contribution is -0.179. The number of ketones is 2. The minimum atomic E-state index is -2.05. The first-order valence-corrected chi connectivity index (χ1v) is 40.9. The van der Waals surface area contributed by atoms with E-state index in [9.17, 15) is 57.5 Å². The highest BCUT2D eigenvalue weighted by molar-refractivity contribution is 9.10. The van der Waals surface area contributed by atoms with Gasteiger partial charge >= 0.3 is 65.7 Å². The summed E-state index contributed by atoms with van der Waals surface area (Å²) in [6.07, 6.45) is -0.595. The molecule has 9 unspecified atom stereocenters. The number of methoxy groups -OCH3 is 1. The molecule has 2 bridgehead atoms. The molecule has 0 aromatic rings. The van der Waals surface area contributed by atoms with E-state index in [1.165, 1.54) is 81.2 Å². The van der Waals surface area contributed by atoms with Crippen molar-refractivity contribution < 1.29 is 129 Å². The van der Waals surface area contributed by atoms with Crippen LogP contribution in [0.3, 0.4) is 0 Å². The van der Waals surface area contributed by atoms with Gasteiger partial charge in [0.1, 0.15) is 130 Å². The van der Waals surface area contributed by atoms with E-state index in [1.807, 2.05) is 0 Å². The number of fused-ring (bicyclic) bond motifs is 5. The Morgan fingerprint density at radius 3 is 1.11 bits per heavy atom. The van der Waals surface area contributed by atoms with Crippen LogP contribution < -0.4 is 0 Å². The second kappa shape index (κ2) is 39.8. The maximum atomic E-state index is 15.4. The number of likely N-dealkylation sites (tertiary alicyclic amines) is 1. The van der Waals surface area contributed by atoms with Crippen molar-refractivity contribution in [2.45, 2.75) is 237 Å². The summed E-state index contributed by atoms with van der Waals surface area (Å²) < 4.78 is 70.7. The van der Waals surface area contributed by atoms with Gasteiger partial charge in [-0.3, -0.25) is 67.1 Å². The topological polar surface area (TPSA) is 362 Å². The molecular weight excluding hydrogens is 1740 g/mol. The molecule has 0 radical (unpaired) electrons. The van der Waals surface area contributed by atoms with Gasteiger partial charge in [-0.15, -0.1) is 0 Å². The molecule has 3 saturated heterocycles. The van der Waals surface area contributed by atoms with E-state index in [0.717, 1.165) is 6.42 Å². The molecule has 0 aromatic carbocycles. The molecule has 34 heteroatoms. The zero-order valence-electron chi connectivity index (χ0n) is 70.6. The lowest BCUT2D eigenvalue weighted by Gasteiger charge is -2.35. The maximum Gasteiger partial charge on any atom is 0.322 e. The first-order valence-electron chi connectivity index (χ1n) is 37.7. The van der Waals surface area contributed by atoms with Crippen molar-refractivity contribution in [1.82, 2.24) is 4.90 Å². The predicted molar refractivity (Wildman–Crippen MR) is 434 cm³/mol. The van der Waals surface area contributed by atoms with Crippen molar-refractivity contribution in [1.29, 1.82) is 0 Å². The van der Waals surface area contributed by atoms with E-state index in [1.54, 1.807) is 91.9 Å². The molecule has 28 nitrogen and oxygen atoms in total. The Morgan fingerprint density at radius 1 is 0.416 bits per heavy atom. The summed E-state index contributed by atoms with van der Waals surface area (Å²) in [5, 5.41) is -1.96. The second-order valence-corrected chi connectivity index (χ2v) is 44.8. The van der Waals surface area contributed by atoms with Crippen molar-refractivity contribution in [2.24, 2.45) is 55.7 Å². The number of alkyl halides is 4. The number of nitrogens with zero attached hydrogens (tertiary/aromatic N) is 1. The van der Waals surface area contributed by atoms with Gasteiger partial charge in [0.25, 0.3) is 0 Å². The molecule has 113 heavy (non-hydrogen) atoms. The van der Waals surface area contributed by atoms with Gasteiger partial charge in [0.05, 0.1) is 57.3 Å². The van der Waals surface area contributed by atoms with Crippen LogP contribution in [0.1, 0.15) is 197 Å². The summed E-state index contributed by atoms with van der Waals surface area (Å²) in [6.45, 7) is 32.6. The second-order valence-electron chi connectivity index (χ2n) is 36.9. The first kappa shape index (κ1) is 102. The Bertz CT molecular complexity index is 3330. The molecule has 9 atom stereocenters. The number of amides is 1. The van der Waals surface area contributed by atoms with Crippen LogP contribution in [-0.2, 0) is 129 Å². The molecule has 0 aliphatic carbocycles. The predicted octanol–water partition coefficient (Wildman–Crippen LogP) is 9.85. The Balaban J connectivity index is 2.30. The van der Waals surface area contributed by atoms with E-state index in [4.69, 9.17) is 61.6 Å². The van der Waals surface area contributed by atoms with Gasteiger partial charge in [-0.2, -0.15) is 0 Å². The van der Waals surface area contributed by atoms with Gasteiger partial charge in [0.2, 0.25) is 5.91 Å². The Morgan fingerprint density at radius 2 is 0.743 bits per heavy atom. The van der Waals surface area contributed by atoms with E-state index in [2.05, 4.69) is 76.9 Å². The number of Topliss-reactive ketones (excluding diaryl/α,β-unsaturated/α-hetero) is 2. The van der Waals surface area contributed by atoms with E-state index < -0.39 is 221 Å². The van der Waals surface area contributed by atoms with E-state index >= 15 is 9.59 Å². The number of ether oxygens (including phenoxy) is 13. The van der Waals surface area contributed by atoms with Gasteiger partial charge in [-0.05, 0) is 149 Å². The van der Waals surface area contributed by atoms with Crippen LogP contribution in [0.5, 0.6) is 0 Å². The third kappa shape index (κ3) is 29.2. The summed E-state index contributed by atoms with van der Waals surface area (Å²) >= 11 is 13.1. The standard InChI is InChI=1S/C79H121B2Br4NO27/c1-46(77(21,40-106-58(92)68(6,7)80)41-107-59(93)69(8,9)81)27-30-75(19,38-111-66(100)79(23,44-109-61(95)72(14,15)84)45-110-62(96)73(16,17)85)63(97)103-35-48(56(90)102-34-33-86-47(2)53-49-25-26-50(113-49)54(53)55(86)89)36-104-64(98)76(20,32-29-52(88)74(18,37-101-24)31-28-51(87)70(10,11)82)39-112-65(99)78(22,42-105-57(91)67(3,4)5)43-108-60(94)71(12,13)83/h48-50,53-54H,1-2,25-45,80-81H2,3-24H3. The van der Waals surface area contributed by atoms with Gasteiger partial charge in [0.15, 0.2) is 0 Å². The largest absolute Gasteiger partial charge is 0.465 e. The molecule has 1 amide bonds. The van der Waals surface area contributed by atoms with Gasteiger partial charge in [-0.1, -0.05) is 117 Å². The number of esters is 11. The maximum absolute atomic E-state index is 15.4. The smallest absolute Gasteiger partial charge is 0.322 e. The minimum Gasteiger partial charge on any atom is -0.465 e. The third-order valence-electron chi connectivity index (χ3n) is 20.2. The molecular formula is C79H121B2Br4NO27. The van der Waals surface area contributed by atoms with Gasteiger partial charge < -0.3 is 66.5 Å². The van der Waals surface area contributed by atoms with E-state index in [0.29, 0.717) is 12.1 Å². The molecule has 3 fully saturated rings. The van der Waals surface area contributed by atoms with Crippen LogP contribution in [-0.4, -0.2) is 226 Å². The van der Waals surface area contributed by atoms with Crippen molar-refractivity contribution in [3.05, 3.63) is 24.4 Å². The van der Waals surface area contributed by atoms with Crippen molar-refractivity contribution >= 4 is 163 Å². The molecule has 0 spiro atoms. The fourth-order valence-corrected chi connectivity index (χ4v) is 12.0. The highest BCUT2D eigenvalue weighted by atomic mass is 79.9. The number of carbonyl (C=O) groups is 14. The molecule has 3 heterocycles. The molecule has 3 rings (SSSR count). The van der Waals surface area contributed by atoms with Crippen molar-refractivity contribution in [3.8, 4) is 0 Å². The highest BCUT2D eigenvalue weighted by Gasteiger charge is 2.60. The van der Waals surface area contributed by atoms with Crippen LogP contribution in [0.2, 0.25) is 10.6 Å². The summed E-state index contributed by atoms with van der Waals surface area (Å²) in [4.78, 5) is 198. The van der Waals surface area contributed by atoms with Crippen LogP contribution in [0, 0.1) is 55.7 Å². The molecule has 3 aliphatic heterocycles. The molecule has 0 aromatic heterocycles. The van der Waals surface area contributed by atoms with Crippen LogP contribution in [0.15, 0.2) is 24.4 Å². The lowest BCUT2D eigenvalue weighted by atomic mass is 9.72. The Labute approximate surface area is 701 Å². The number of rotatable bonds is 47. The normalized spacial score (nSPS) is 19.3. The van der Waals surface area contributed by atoms with E-state index in [-0.39, 0.29) is 87.4 Å². The van der Waals surface area contributed by atoms with Crippen molar-refractivity contribution in [3.63, 3.8) is 0 Å². The molecule has 3 aliphatic rings. The van der Waals surface area contributed by atoms with Crippen LogP contribution >= 0.6 is 63.7 Å². The first-order chi connectivity index (χ1) is 51.2. The monoisotopic (exact) mass is 1850 g/mol. The molecule has 0 saturated carbocycles. The quantitative estimate of drug-likeness (QED) is 0.0180. The van der Waals surface area contributed by atoms with Crippen LogP contribution in [0.4, 0.5) is 0 Å². The fourth-order valence-electron chi connectivity index (χ4n) is 11.5. The average molecular weight is 1860 g/mol. The Kier molecular flexibility index (Phi) is 35.8. The lowest BCUT2D eigenvalue weighted by Crippen LogP contribution is -2.45. The summed E-state index contributed by atoms with van der Waals surface area (Å²) in [6, 6.07) is 0. The SMILES string of the molecule is BC(C)(C)C(=O)OCC(C)(COC(=O)C(B)(C)C)C(=C)CCC(C)(COC(=O)C(C)(COC(=O)C(C)(C)Br)COC(=O)C(C)(C)Br)C(=O)OCC(COC(=O)C(C)(CCC(=O)C(C)(CCC(=O)C(C)(C)Br)COC)COC(=O)C(C)(COC(=O)C(C)(C)C)COC(=O)C(C)(C)Br)C(=O)OCCN1C(=C)C2C3CCC(O3)C2C1=O. The third-order valence-corrected chi connectivity index (χ3v) is 21.6. The zero-order valence-corrected chi connectivity index (χ0v) is 77.0. The minimum absolute atomic E-state index is 0.0116. The van der Waals surface area contributed by atoms with Crippen LogP contribution in [0.25, 0.3) is 0 Å². The van der Waals surface area contributed by atoms with Gasteiger partial charge in [-0.25, -0.2) is 0 Å². The number of carbonyl (C=O) groups excluding carboxylic acids is 14. The van der Waals surface area contributed by atoms with Crippen molar-refractivity contribution in [2.75, 3.05) is 92.9 Å². The average Bonchev–Trinajstić information content (AvgIpc) is 1.57. The number of hydrogen-bond acceptors (Lipinski definition) is 27. The zero-order chi connectivity index (χ0) is 87.2. The summed E-state index contributed by atoms with van der Waals surface area (Å²) in [7, 11) is 4.65. The molecule has 0 N–H and O–H groups in total. The number of halogens is 4. The van der Waals surface area contributed by atoms with Gasteiger partial charge in [0, 0.05) is 47.6 Å².